The molecule has 136 valence electrons. The van der Waals surface area contributed by atoms with E-state index in [1.165, 1.54) is 16.7 Å². The Balaban J connectivity index is 1.39. The Hall–Kier alpha value is -2.56. The predicted molar refractivity (Wildman–Crippen MR) is 109 cm³/mol. The molecule has 1 saturated heterocycles. The zero-order valence-corrected chi connectivity index (χ0v) is 16.2. The average molecular weight is 417 g/mol. The van der Waals surface area contributed by atoms with Gasteiger partial charge in [-0.25, -0.2) is 4.63 Å². The topological polar surface area (TPSA) is 88.3 Å². The fraction of sp³-hybridized carbons (Fsp3) is 0.118. The van der Waals surface area contributed by atoms with Gasteiger partial charge < -0.3 is 5.32 Å². The minimum atomic E-state index is -0.248. The van der Waals surface area contributed by atoms with Gasteiger partial charge in [0.1, 0.15) is 9.84 Å². The number of anilines is 1. The highest BCUT2D eigenvalue weighted by Gasteiger charge is 2.32. The number of amides is 2. The second-order valence-corrected chi connectivity index (χ2v) is 8.24. The highest BCUT2D eigenvalue weighted by Crippen LogP contribution is 2.33. The smallest absolute Gasteiger partial charge is 0.266 e. The maximum Gasteiger partial charge on any atom is 0.266 e. The van der Waals surface area contributed by atoms with Crippen LogP contribution in [-0.4, -0.2) is 37.9 Å². The summed E-state index contributed by atoms with van der Waals surface area (Å²) in [7, 11) is 0. The van der Waals surface area contributed by atoms with Gasteiger partial charge in [-0.05, 0) is 40.0 Å². The molecule has 1 fully saturated rings. The van der Waals surface area contributed by atoms with E-state index in [4.69, 9.17) is 12.2 Å². The highest BCUT2D eigenvalue weighted by atomic mass is 32.2. The molecule has 0 radical (unpaired) electrons. The van der Waals surface area contributed by atoms with Gasteiger partial charge in [0, 0.05) is 17.8 Å². The van der Waals surface area contributed by atoms with Crippen LogP contribution in [0.5, 0.6) is 0 Å². The van der Waals surface area contributed by atoms with Crippen LogP contribution in [0.2, 0.25) is 0 Å². The molecule has 3 heterocycles. The van der Waals surface area contributed by atoms with Crippen LogP contribution in [0.4, 0.5) is 5.69 Å². The molecule has 1 N–H and O–H groups in total. The first kappa shape index (κ1) is 17.8. The first-order valence-corrected chi connectivity index (χ1v) is 10.0. The van der Waals surface area contributed by atoms with Gasteiger partial charge in [0.15, 0.2) is 5.52 Å². The molecule has 0 unspecified atom stereocenters. The van der Waals surface area contributed by atoms with Gasteiger partial charge >= 0.3 is 0 Å². The zero-order valence-electron chi connectivity index (χ0n) is 13.7. The molecular formula is C17H12N4O3S3. The van der Waals surface area contributed by atoms with Crippen molar-refractivity contribution in [3.63, 3.8) is 0 Å². The number of fused-ring (bicyclic) bond motifs is 1. The van der Waals surface area contributed by atoms with Gasteiger partial charge in [-0.15, -0.1) is 11.3 Å². The van der Waals surface area contributed by atoms with Gasteiger partial charge in [0.25, 0.3) is 5.91 Å². The van der Waals surface area contributed by atoms with Gasteiger partial charge in [-0.3, -0.25) is 14.5 Å². The summed E-state index contributed by atoms with van der Waals surface area (Å²) < 4.78 is 5.14. The van der Waals surface area contributed by atoms with Crippen molar-refractivity contribution in [2.24, 2.45) is 0 Å². The zero-order chi connectivity index (χ0) is 18.8. The summed E-state index contributed by atoms with van der Waals surface area (Å²) in [5, 5.41) is 12.2. The van der Waals surface area contributed by atoms with E-state index in [1.54, 1.807) is 29.5 Å². The van der Waals surface area contributed by atoms with Crippen molar-refractivity contribution in [1.82, 2.24) is 15.2 Å². The fourth-order valence-electron chi connectivity index (χ4n) is 2.53. The van der Waals surface area contributed by atoms with Crippen LogP contribution in [0.3, 0.4) is 0 Å². The number of carbonyl (C=O) groups excluding carboxylic acids is 2. The minimum Gasteiger partial charge on any atom is -0.324 e. The van der Waals surface area contributed by atoms with E-state index in [9.17, 15) is 9.59 Å². The van der Waals surface area contributed by atoms with Crippen LogP contribution in [0.1, 0.15) is 11.3 Å². The number of hydrogen-bond donors (Lipinski definition) is 1. The Kier molecular flexibility index (Phi) is 5.01. The van der Waals surface area contributed by atoms with Crippen LogP contribution >= 0.6 is 35.3 Å². The van der Waals surface area contributed by atoms with Gasteiger partial charge in [0.05, 0.1) is 10.6 Å². The van der Waals surface area contributed by atoms with Crippen molar-refractivity contribution in [1.29, 1.82) is 0 Å². The maximum absolute atomic E-state index is 12.5. The monoisotopic (exact) mass is 416 g/mol. The van der Waals surface area contributed by atoms with E-state index >= 15 is 0 Å². The second kappa shape index (κ2) is 7.59. The van der Waals surface area contributed by atoms with Crippen LogP contribution in [0, 0.1) is 0 Å². The normalized spacial score (nSPS) is 15.9. The molecule has 27 heavy (non-hydrogen) atoms. The Labute approximate surface area is 167 Å². The van der Waals surface area contributed by atoms with Gasteiger partial charge in [0.2, 0.25) is 5.91 Å². The van der Waals surface area contributed by atoms with E-state index in [0.717, 1.165) is 4.88 Å². The van der Waals surface area contributed by atoms with E-state index < -0.39 is 0 Å². The number of thiophene rings is 1. The molecule has 0 spiro atoms. The van der Waals surface area contributed by atoms with E-state index in [0.29, 0.717) is 25.9 Å². The van der Waals surface area contributed by atoms with Crippen molar-refractivity contribution in [2.45, 2.75) is 6.42 Å². The molecule has 0 atom stereocenters. The summed E-state index contributed by atoms with van der Waals surface area (Å²) in [6.45, 7) is 0.214. The number of benzene rings is 1. The van der Waals surface area contributed by atoms with Gasteiger partial charge in [-0.2, -0.15) is 0 Å². The Bertz CT molecular complexity index is 1060. The molecule has 3 aromatic rings. The second-order valence-electron chi connectivity index (χ2n) is 5.58. The van der Waals surface area contributed by atoms with Gasteiger partial charge in [-0.1, -0.05) is 36.1 Å². The van der Waals surface area contributed by atoms with E-state index in [-0.39, 0.29) is 24.8 Å². The lowest BCUT2D eigenvalue weighted by Gasteiger charge is -2.14. The molecule has 2 amide bonds. The van der Waals surface area contributed by atoms with Crippen molar-refractivity contribution in [3.05, 3.63) is 45.5 Å². The van der Waals surface area contributed by atoms with E-state index in [1.807, 2.05) is 23.6 Å². The van der Waals surface area contributed by atoms with Crippen molar-refractivity contribution in [2.75, 3.05) is 11.9 Å². The Morgan fingerprint density at radius 2 is 2.19 bits per heavy atom. The SMILES string of the molecule is O=C(CCN1C(=O)/C(=C\c2cccs2)SC1=S)Nc1cccc2nonc12. The fourth-order valence-corrected chi connectivity index (χ4v) is 4.56. The summed E-state index contributed by atoms with van der Waals surface area (Å²) in [5.41, 5.74) is 1.56. The number of thioether (sulfide) groups is 1. The molecule has 7 nitrogen and oxygen atoms in total. The quantitative estimate of drug-likeness (QED) is 0.503. The number of nitrogens with one attached hydrogen (secondary N) is 1. The molecule has 1 aliphatic rings. The van der Waals surface area contributed by atoms with Crippen molar-refractivity contribution >= 4 is 74.2 Å². The van der Waals surface area contributed by atoms with Crippen LogP contribution in [0.25, 0.3) is 17.1 Å². The molecule has 0 bridgehead atoms. The average Bonchev–Trinajstić information content (AvgIpc) is 3.37. The Morgan fingerprint density at radius 3 is 3.00 bits per heavy atom. The summed E-state index contributed by atoms with van der Waals surface area (Å²) in [5.74, 6) is -0.421. The lowest BCUT2D eigenvalue weighted by Crippen LogP contribution is -2.31. The summed E-state index contributed by atoms with van der Waals surface area (Å²) in [6.07, 6.45) is 1.93. The third-order valence-electron chi connectivity index (χ3n) is 3.81. The maximum atomic E-state index is 12.5. The molecule has 0 aliphatic carbocycles. The predicted octanol–water partition coefficient (Wildman–Crippen LogP) is 3.51. The first-order valence-electron chi connectivity index (χ1n) is 7.92. The number of thiocarbonyl (C=S) groups is 1. The number of carbonyl (C=O) groups is 2. The van der Waals surface area contributed by atoms with Crippen molar-refractivity contribution < 1.29 is 14.2 Å². The minimum absolute atomic E-state index is 0.111. The summed E-state index contributed by atoms with van der Waals surface area (Å²) in [4.78, 5) is 27.9. The standard InChI is InChI=1S/C17H12N4O3S3/c22-14(18-11-4-1-5-12-15(11)20-24-19-12)6-7-21-16(23)13(27-17(21)25)9-10-3-2-8-26-10/h1-5,8-9H,6-7H2,(H,18,22)/b13-9+. The summed E-state index contributed by atoms with van der Waals surface area (Å²) >= 11 is 8.09. The molecule has 1 aromatic carbocycles. The number of hydrogen-bond acceptors (Lipinski definition) is 8. The molecular weight excluding hydrogens is 404 g/mol. The number of nitrogens with zero attached hydrogens (tertiary/aromatic N) is 3. The van der Waals surface area contributed by atoms with Crippen LogP contribution < -0.4 is 5.32 Å². The molecule has 0 saturated carbocycles. The highest BCUT2D eigenvalue weighted by molar-refractivity contribution is 8.26. The van der Waals surface area contributed by atoms with Crippen LogP contribution in [0.15, 0.2) is 45.2 Å². The van der Waals surface area contributed by atoms with E-state index in [2.05, 4.69) is 20.3 Å². The molecule has 4 rings (SSSR count). The number of rotatable bonds is 5. The molecule has 1 aliphatic heterocycles. The largest absolute Gasteiger partial charge is 0.324 e. The van der Waals surface area contributed by atoms with Crippen LogP contribution in [-0.2, 0) is 9.59 Å². The molecule has 10 heteroatoms. The first-order chi connectivity index (χ1) is 13.1. The van der Waals surface area contributed by atoms with Crippen molar-refractivity contribution in [3.8, 4) is 0 Å². The number of aromatic nitrogens is 2. The molecule has 2 aromatic heterocycles. The Morgan fingerprint density at radius 1 is 1.30 bits per heavy atom. The summed E-state index contributed by atoms with van der Waals surface area (Å²) in [6, 6.07) is 9.06. The third kappa shape index (κ3) is 3.77. The lowest BCUT2D eigenvalue weighted by atomic mass is 10.2. The third-order valence-corrected chi connectivity index (χ3v) is 6.01. The lowest BCUT2D eigenvalue weighted by molar-refractivity contribution is -0.122.